The molecule has 1 aromatic heterocycles. The summed E-state index contributed by atoms with van der Waals surface area (Å²) in [5.41, 5.74) is 4.82. The normalized spacial score (nSPS) is 10.9. The Kier molecular flexibility index (Phi) is 7.66. The van der Waals surface area contributed by atoms with Crippen molar-refractivity contribution in [2.75, 3.05) is 34.4 Å². The molecule has 5 nitrogen and oxygen atoms in total. The first kappa shape index (κ1) is 22.8. The lowest BCUT2D eigenvalue weighted by Gasteiger charge is -2.15. The van der Waals surface area contributed by atoms with Gasteiger partial charge in [0.1, 0.15) is 11.4 Å². The SMILES string of the molecule is COC(=O)c1ccc(-c2ccccc2C)c(-c2ccc(Cl)c(OCCCN(C)C)c2)n1. The molecule has 3 rings (SSSR count). The van der Waals surface area contributed by atoms with E-state index in [4.69, 9.17) is 21.1 Å². The van der Waals surface area contributed by atoms with Crippen molar-refractivity contribution in [3.63, 3.8) is 0 Å². The number of aryl methyl sites for hydroxylation is 1. The van der Waals surface area contributed by atoms with Crippen molar-refractivity contribution in [1.29, 1.82) is 0 Å². The summed E-state index contributed by atoms with van der Waals surface area (Å²) in [6.45, 7) is 3.54. The van der Waals surface area contributed by atoms with Crippen molar-refractivity contribution in [2.24, 2.45) is 0 Å². The van der Waals surface area contributed by atoms with Crippen LogP contribution in [0.25, 0.3) is 22.4 Å². The van der Waals surface area contributed by atoms with Crippen LogP contribution in [0.4, 0.5) is 0 Å². The molecular weight excluding hydrogens is 412 g/mol. The van der Waals surface area contributed by atoms with Crippen LogP contribution in [0, 0.1) is 6.92 Å². The quantitative estimate of drug-likeness (QED) is 0.343. The highest BCUT2D eigenvalue weighted by Gasteiger charge is 2.17. The molecule has 0 fully saturated rings. The van der Waals surface area contributed by atoms with Crippen molar-refractivity contribution in [3.8, 4) is 28.1 Å². The Hall–Kier alpha value is -2.89. The number of methoxy groups -OCH3 is 1. The maximum atomic E-state index is 12.1. The Labute approximate surface area is 188 Å². The van der Waals surface area contributed by atoms with Crippen LogP contribution in [-0.4, -0.2) is 50.2 Å². The molecule has 0 unspecified atom stereocenters. The van der Waals surface area contributed by atoms with Crippen LogP contribution in [0.5, 0.6) is 5.75 Å². The number of benzene rings is 2. The zero-order chi connectivity index (χ0) is 22.4. The summed E-state index contributed by atoms with van der Waals surface area (Å²) < 4.78 is 10.8. The third-order valence-electron chi connectivity index (χ3n) is 4.94. The minimum Gasteiger partial charge on any atom is -0.492 e. The molecule has 0 spiro atoms. The smallest absolute Gasteiger partial charge is 0.356 e. The summed E-state index contributed by atoms with van der Waals surface area (Å²) >= 11 is 6.38. The van der Waals surface area contributed by atoms with Gasteiger partial charge in [0.25, 0.3) is 0 Å². The van der Waals surface area contributed by atoms with Gasteiger partial charge in [-0.15, -0.1) is 0 Å². The van der Waals surface area contributed by atoms with Gasteiger partial charge in [0.2, 0.25) is 0 Å². The van der Waals surface area contributed by atoms with Gasteiger partial charge in [0.05, 0.1) is 24.4 Å². The first-order chi connectivity index (χ1) is 14.9. The number of esters is 1. The Morgan fingerprint density at radius 2 is 1.84 bits per heavy atom. The fourth-order valence-corrected chi connectivity index (χ4v) is 3.49. The van der Waals surface area contributed by atoms with E-state index in [1.54, 1.807) is 12.1 Å². The van der Waals surface area contributed by atoms with Gasteiger partial charge < -0.3 is 14.4 Å². The van der Waals surface area contributed by atoms with Gasteiger partial charge in [-0.05, 0) is 62.8 Å². The Balaban J connectivity index is 2.04. The zero-order valence-corrected chi connectivity index (χ0v) is 19.1. The number of hydrogen-bond donors (Lipinski definition) is 0. The van der Waals surface area contributed by atoms with Crippen molar-refractivity contribution >= 4 is 17.6 Å². The van der Waals surface area contributed by atoms with Gasteiger partial charge in [-0.25, -0.2) is 9.78 Å². The van der Waals surface area contributed by atoms with Crippen LogP contribution in [0.3, 0.4) is 0 Å². The third kappa shape index (κ3) is 5.63. The molecule has 0 aliphatic carbocycles. The standard InChI is InChI=1S/C25H27ClN2O3/c1-17-8-5-6-9-19(17)20-11-13-22(25(29)30-4)27-24(20)18-10-12-21(26)23(16-18)31-15-7-14-28(2)3/h5-6,8-13,16H,7,14-15H2,1-4H3. The molecule has 31 heavy (non-hydrogen) atoms. The number of ether oxygens (including phenoxy) is 2. The molecule has 0 radical (unpaired) electrons. The molecule has 1 heterocycles. The molecule has 2 aromatic carbocycles. The third-order valence-corrected chi connectivity index (χ3v) is 5.25. The number of hydrogen-bond acceptors (Lipinski definition) is 5. The van der Waals surface area contributed by atoms with E-state index in [-0.39, 0.29) is 5.69 Å². The van der Waals surface area contributed by atoms with E-state index in [2.05, 4.69) is 22.9 Å². The van der Waals surface area contributed by atoms with E-state index >= 15 is 0 Å². The van der Waals surface area contributed by atoms with Gasteiger partial charge in [-0.2, -0.15) is 0 Å². The summed E-state index contributed by atoms with van der Waals surface area (Å²) in [7, 11) is 5.40. The topological polar surface area (TPSA) is 51.7 Å². The maximum Gasteiger partial charge on any atom is 0.356 e. The average molecular weight is 439 g/mol. The molecule has 6 heteroatoms. The minimum atomic E-state index is -0.480. The maximum absolute atomic E-state index is 12.1. The molecule has 162 valence electrons. The summed E-state index contributed by atoms with van der Waals surface area (Å²) in [4.78, 5) is 18.9. The van der Waals surface area contributed by atoms with Gasteiger partial charge in [-0.3, -0.25) is 0 Å². The molecule has 0 bridgehead atoms. The second-order valence-corrected chi connectivity index (χ2v) is 7.96. The van der Waals surface area contributed by atoms with E-state index in [0.717, 1.165) is 35.2 Å². The zero-order valence-electron chi connectivity index (χ0n) is 18.3. The fourth-order valence-electron chi connectivity index (χ4n) is 3.31. The number of aromatic nitrogens is 1. The van der Waals surface area contributed by atoms with Crippen molar-refractivity contribution in [1.82, 2.24) is 9.88 Å². The number of carbonyl (C=O) groups is 1. The van der Waals surface area contributed by atoms with Gasteiger partial charge in [0.15, 0.2) is 0 Å². The van der Waals surface area contributed by atoms with Crippen molar-refractivity contribution in [3.05, 3.63) is 70.9 Å². The van der Waals surface area contributed by atoms with E-state index in [1.165, 1.54) is 7.11 Å². The minimum absolute atomic E-state index is 0.248. The number of rotatable bonds is 8. The number of halogens is 1. The molecule has 0 aliphatic heterocycles. The van der Waals surface area contributed by atoms with Crippen LogP contribution in [0.15, 0.2) is 54.6 Å². The summed E-state index contributed by atoms with van der Waals surface area (Å²) in [5, 5.41) is 0.537. The fraction of sp³-hybridized carbons (Fsp3) is 0.280. The first-order valence-electron chi connectivity index (χ1n) is 10.1. The number of nitrogens with zero attached hydrogens (tertiary/aromatic N) is 2. The summed E-state index contributed by atoms with van der Waals surface area (Å²) in [6, 6.07) is 17.2. The van der Waals surface area contributed by atoms with E-state index < -0.39 is 5.97 Å². The van der Waals surface area contributed by atoms with Gasteiger partial charge >= 0.3 is 5.97 Å². The number of pyridine rings is 1. The molecule has 0 aliphatic rings. The monoisotopic (exact) mass is 438 g/mol. The van der Waals surface area contributed by atoms with Crippen LogP contribution in [0.2, 0.25) is 5.02 Å². The number of carbonyl (C=O) groups excluding carboxylic acids is 1. The second-order valence-electron chi connectivity index (χ2n) is 7.55. The van der Waals surface area contributed by atoms with Crippen molar-refractivity contribution < 1.29 is 14.3 Å². The second kappa shape index (κ2) is 10.4. The van der Waals surface area contributed by atoms with Crippen LogP contribution >= 0.6 is 11.6 Å². The molecule has 0 saturated carbocycles. The molecule has 0 amide bonds. The lowest BCUT2D eigenvalue weighted by Crippen LogP contribution is -2.15. The van der Waals surface area contributed by atoms with Crippen molar-refractivity contribution in [2.45, 2.75) is 13.3 Å². The molecule has 0 N–H and O–H groups in total. The largest absolute Gasteiger partial charge is 0.492 e. The lowest BCUT2D eigenvalue weighted by atomic mass is 9.95. The molecular formula is C25H27ClN2O3. The van der Waals surface area contributed by atoms with E-state index in [9.17, 15) is 4.79 Å². The highest BCUT2D eigenvalue weighted by Crippen LogP contribution is 2.36. The van der Waals surface area contributed by atoms with Gasteiger partial charge in [-0.1, -0.05) is 41.9 Å². The summed E-state index contributed by atoms with van der Waals surface area (Å²) in [6.07, 6.45) is 0.887. The molecule has 0 saturated heterocycles. The van der Waals surface area contributed by atoms with E-state index in [1.807, 2.05) is 50.5 Å². The average Bonchev–Trinajstić information content (AvgIpc) is 2.77. The highest BCUT2D eigenvalue weighted by molar-refractivity contribution is 6.32. The highest BCUT2D eigenvalue weighted by atomic mass is 35.5. The van der Waals surface area contributed by atoms with Gasteiger partial charge in [0, 0.05) is 17.7 Å². The predicted octanol–water partition coefficient (Wildman–Crippen LogP) is 5.49. The van der Waals surface area contributed by atoms with Crippen LogP contribution in [-0.2, 0) is 4.74 Å². The van der Waals surface area contributed by atoms with Crippen LogP contribution in [0.1, 0.15) is 22.5 Å². The first-order valence-corrected chi connectivity index (χ1v) is 10.5. The van der Waals surface area contributed by atoms with E-state index in [0.29, 0.717) is 23.1 Å². The Morgan fingerprint density at radius 3 is 2.55 bits per heavy atom. The Bertz CT molecular complexity index is 1070. The van der Waals surface area contributed by atoms with Crippen LogP contribution < -0.4 is 4.74 Å². The molecule has 3 aromatic rings. The lowest BCUT2D eigenvalue weighted by molar-refractivity contribution is 0.0594. The predicted molar refractivity (Wildman–Crippen MR) is 125 cm³/mol. The summed E-state index contributed by atoms with van der Waals surface area (Å²) in [5.74, 6) is 0.116. The Morgan fingerprint density at radius 1 is 1.06 bits per heavy atom. The molecule has 0 atom stereocenters.